The molecule has 45 heavy (non-hydrogen) atoms. The second kappa shape index (κ2) is 16.7. The lowest BCUT2D eigenvalue weighted by molar-refractivity contribution is -0.141. The van der Waals surface area contributed by atoms with Crippen LogP contribution in [0.4, 0.5) is 5.69 Å². The van der Waals surface area contributed by atoms with Gasteiger partial charge >= 0.3 is 0 Å². The van der Waals surface area contributed by atoms with Crippen LogP contribution in [0, 0.1) is 0 Å². The van der Waals surface area contributed by atoms with Crippen LogP contribution in [0.2, 0.25) is 5.02 Å². The summed E-state index contributed by atoms with van der Waals surface area (Å²) >= 11 is 6.55. The molecule has 1 atom stereocenters. The minimum absolute atomic E-state index is 0.0511. The highest BCUT2D eigenvalue weighted by atomic mass is 35.5. The Balaban J connectivity index is 1.58. The first-order valence-corrected chi connectivity index (χ1v) is 18.0. The third kappa shape index (κ3) is 10.2. The van der Waals surface area contributed by atoms with Crippen molar-refractivity contribution < 1.29 is 22.7 Å². The van der Waals surface area contributed by atoms with Gasteiger partial charge in [0.05, 0.1) is 18.6 Å². The van der Waals surface area contributed by atoms with Gasteiger partial charge in [-0.1, -0.05) is 79.4 Å². The van der Waals surface area contributed by atoms with Crippen molar-refractivity contribution in [2.75, 3.05) is 23.7 Å². The van der Waals surface area contributed by atoms with Crippen LogP contribution < -0.4 is 14.4 Å². The van der Waals surface area contributed by atoms with E-state index < -0.39 is 16.1 Å². The molecule has 1 aliphatic rings. The zero-order chi connectivity index (χ0) is 32.2. The Morgan fingerprint density at radius 3 is 2.27 bits per heavy atom. The number of benzene rings is 3. The SMILES string of the molecule is CCOc1ccc(N(CCCC(=O)N(Cc2ccccc2Cl)[C@H](Cc2ccccc2)C(=O)NC2CCCCC2)S(C)(=O)=O)cc1. The monoisotopic (exact) mass is 653 g/mol. The van der Waals surface area contributed by atoms with E-state index in [0.29, 0.717) is 29.5 Å². The van der Waals surface area contributed by atoms with Crippen molar-refractivity contribution in [2.24, 2.45) is 0 Å². The van der Waals surface area contributed by atoms with E-state index in [4.69, 9.17) is 16.3 Å². The summed E-state index contributed by atoms with van der Waals surface area (Å²) in [6.45, 7) is 2.65. The molecule has 10 heteroatoms. The molecule has 3 aromatic carbocycles. The Morgan fingerprint density at radius 1 is 0.956 bits per heavy atom. The standard InChI is InChI=1S/C35H44ClN3O5S/c1-3-44-31-22-20-30(21-23-31)39(45(2,42)43)24-12-19-34(40)38(26-28-15-10-11-18-32(28)36)33(25-27-13-6-4-7-14-27)35(41)37-29-16-8-5-9-17-29/h4,6-7,10-11,13-15,18,20-23,29,33H,3,5,8-9,12,16-17,19,24-26H2,1-2H3,(H,37,41)/t33-/m1/s1. The lowest BCUT2D eigenvalue weighted by atomic mass is 9.94. The number of anilines is 1. The Kier molecular flexibility index (Phi) is 12.7. The Labute approximate surface area is 272 Å². The first kappa shape index (κ1) is 34.3. The molecular formula is C35H44ClN3O5S. The van der Waals surface area contributed by atoms with E-state index in [1.54, 1.807) is 35.2 Å². The average molecular weight is 654 g/mol. The molecule has 0 bridgehead atoms. The van der Waals surface area contributed by atoms with Crippen LogP contribution in [0.3, 0.4) is 0 Å². The highest BCUT2D eigenvalue weighted by Gasteiger charge is 2.32. The maximum absolute atomic E-state index is 14.1. The summed E-state index contributed by atoms with van der Waals surface area (Å²) in [6.07, 6.45) is 6.97. The van der Waals surface area contributed by atoms with Crippen molar-refractivity contribution in [1.29, 1.82) is 0 Å². The molecule has 0 saturated heterocycles. The second-order valence-electron chi connectivity index (χ2n) is 11.5. The molecule has 242 valence electrons. The van der Waals surface area contributed by atoms with Gasteiger partial charge in [0.25, 0.3) is 0 Å². The third-order valence-corrected chi connectivity index (χ3v) is 9.67. The predicted octanol–water partition coefficient (Wildman–Crippen LogP) is 6.37. The molecule has 0 spiro atoms. The number of hydrogen-bond acceptors (Lipinski definition) is 5. The Morgan fingerprint density at radius 2 is 1.62 bits per heavy atom. The minimum atomic E-state index is -3.62. The first-order chi connectivity index (χ1) is 21.7. The lowest BCUT2D eigenvalue weighted by Gasteiger charge is -2.34. The van der Waals surface area contributed by atoms with Gasteiger partial charge in [-0.3, -0.25) is 13.9 Å². The molecule has 3 aromatic rings. The molecule has 1 aliphatic carbocycles. The maximum atomic E-state index is 14.1. The van der Waals surface area contributed by atoms with Crippen LogP contribution >= 0.6 is 11.6 Å². The quantitative estimate of drug-likeness (QED) is 0.206. The van der Waals surface area contributed by atoms with E-state index in [1.165, 1.54) is 4.31 Å². The number of nitrogens with one attached hydrogen (secondary N) is 1. The van der Waals surface area contributed by atoms with Gasteiger partial charge in [0.2, 0.25) is 21.8 Å². The summed E-state index contributed by atoms with van der Waals surface area (Å²) < 4.78 is 32.3. The van der Waals surface area contributed by atoms with Gasteiger partial charge in [-0.15, -0.1) is 0 Å². The van der Waals surface area contributed by atoms with Gasteiger partial charge < -0.3 is 15.0 Å². The summed E-state index contributed by atoms with van der Waals surface area (Å²) in [5.74, 6) is 0.226. The second-order valence-corrected chi connectivity index (χ2v) is 13.8. The summed E-state index contributed by atoms with van der Waals surface area (Å²) in [6, 6.07) is 23.2. The van der Waals surface area contributed by atoms with Gasteiger partial charge in [0, 0.05) is 37.0 Å². The van der Waals surface area contributed by atoms with Crippen molar-refractivity contribution >= 4 is 39.1 Å². The van der Waals surface area contributed by atoms with Crippen LogP contribution in [0.1, 0.15) is 63.0 Å². The van der Waals surface area contributed by atoms with E-state index in [0.717, 1.165) is 49.5 Å². The minimum Gasteiger partial charge on any atom is -0.494 e. The zero-order valence-electron chi connectivity index (χ0n) is 26.2. The summed E-state index contributed by atoms with van der Waals surface area (Å²) in [5, 5.41) is 3.75. The number of ether oxygens (including phenoxy) is 1. The number of nitrogens with zero attached hydrogens (tertiary/aromatic N) is 2. The van der Waals surface area contributed by atoms with Gasteiger partial charge in [-0.2, -0.15) is 0 Å². The van der Waals surface area contributed by atoms with E-state index in [-0.39, 0.29) is 43.8 Å². The molecule has 0 unspecified atom stereocenters. The molecule has 1 N–H and O–H groups in total. The van der Waals surface area contributed by atoms with E-state index in [1.807, 2.05) is 55.5 Å². The van der Waals surface area contributed by atoms with Crippen molar-refractivity contribution in [3.8, 4) is 5.75 Å². The molecule has 4 rings (SSSR count). The number of hydrogen-bond donors (Lipinski definition) is 1. The molecule has 2 amide bonds. The molecule has 0 heterocycles. The van der Waals surface area contributed by atoms with Crippen LogP contribution in [0.15, 0.2) is 78.9 Å². The van der Waals surface area contributed by atoms with Gasteiger partial charge in [-0.25, -0.2) is 8.42 Å². The fourth-order valence-corrected chi connectivity index (χ4v) is 6.95. The topological polar surface area (TPSA) is 96.0 Å². The lowest BCUT2D eigenvalue weighted by Crippen LogP contribution is -2.53. The van der Waals surface area contributed by atoms with Gasteiger partial charge in [-0.05, 0) is 67.6 Å². The number of amides is 2. The molecule has 1 fully saturated rings. The fourth-order valence-electron chi connectivity index (χ4n) is 5.79. The Bertz CT molecular complexity index is 1500. The smallest absolute Gasteiger partial charge is 0.243 e. The van der Waals surface area contributed by atoms with Crippen molar-refractivity contribution in [3.05, 3.63) is 95.0 Å². The van der Waals surface area contributed by atoms with Crippen LogP contribution in [0.25, 0.3) is 0 Å². The van der Waals surface area contributed by atoms with Crippen LogP contribution in [-0.4, -0.2) is 56.6 Å². The predicted molar refractivity (Wildman–Crippen MR) is 180 cm³/mol. The van der Waals surface area contributed by atoms with Crippen molar-refractivity contribution in [1.82, 2.24) is 10.2 Å². The van der Waals surface area contributed by atoms with E-state index >= 15 is 0 Å². The van der Waals surface area contributed by atoms with E-state index in [2.05, 4.69) is 5.32 Å². The number of halogens is 1. The van der Waals surface area contributed by atoms with Gasteiger partial charge in [0.15, 0.2) is 0 Å². The van der Waals surface area contributed by atoms with Gasteiger partial charge in [0.1, 0.15) is 11.8 Å². The van der Waals surface area contributed by atoms with Crippen LogP contribution in [0.5, 0.6) is 5.75 Å². The number of rotatable bonds is 15. The normalized spacial score (nSPS) is 14.4. The molecular weight excluding hydrogens is 610 g/mol. The molecule has 8 nitrogen and oxygen atoms in total. The largest absolute Gasteiger partial charge is 0.494 e. The van der Waals surface area contributed by atoms with Crippen molar-refractivity contribution in [2.45, 2.75) is 76.9 Å². The summed E-state index contributed by atoms with van der Waals surface area (Å²) in [7, 11) is -3.62. The highest BCUT2D eigenvalue weighted by Crippen LogP contribution is 2.25. The number of sulfonamides is 1. The first-order valence-electron chi connectivity index (χ1n) is 15.7. The molecule has 0 aromatic heterocycles. The van der Waals surface area contributed by atoms with Crippen molar-refractivity contribution in [3.63, 3.8) is 0 Å². The van der Waals surface area contributed by atoms with E-state index in [9.17, 15) is 18.0 Å². The molecule has 0 radical (unpaired) electrons. The average Bonchev–Trinajstić information content (AvgIpc) is 3.03. The summed E-state index contributed by atoms with van der Waals surface area (Å²) in [4.78, 5) is 29.7. The molecule has 1 saturated carbocycles. The zero-order valence-corrected chi connectivity index (χ0v) is 27.7. The maximum Gasteiger partial charge on any atom is 0.243 e. The molecule has 0 aliphatic heterocycles. The summed E-state index contributed by atoms with van der Waals surface area (Å²) in [5.41, 5.74) is 2.18. The Hall–Kier alpha value is -3.56. The fraction of sp³-hybridized carbons (Fsp3) is 0.429. The third-order valence-electron chi connectivity index (χ3n) is 8.11. The van der Waals surface area contributed by atoms with Crippen LogP contribution in [-0.2, 0) is 32.6 Å². The highest BCUT2D eigenvalue weighted by molar-refractivity contribution is 7.92. The number of carbonyl (C=O) groups excluding carboxylic acids is 2. The number of carbonyl (C=O) groups is 2.